The number of methoxy groups -OCH3 is 3. The molecule has 0 aliphatic carbocycles. The number of nitrogens with one attached hydrogen (secondary N) is 1. The highest BCUT2D eigenvalue weighted by atomic mass is 16.5. The van der Waals surface area contributed by atoms with Gasteiger partial charge in [-0.1, -0.05) is 18.2 Å². The number of amides is 1. The van der Waals surface area contributed by atoms with Crippen LogP contribution in [0.15, 0.2) is 48.7 Å². The maximum absolute atomic E-state index is 12.8. The van der Waals surface area contributed by atoms with Gasteiger partial charge in [0.2, 0.25) is 5.75 Å². The van der Waals surface area contributed by atoms with Crippen molar-refractivity contribution in [1.82, 2.24) is 9.78 Å². The molecular formula is C20H21N3O4. The van der Waals surface area contributed by atoms with Crippen LogP contribution in [0.2, 0.25) is 0 Å². The van der Waals surface area contributed by atoms with Gasteiger partial charge < -0.3 is 19.5 Å². The molecule has 1 amide bonds. The molecule has 0 radical (unpaired) electrons. The Hall–Kier alpha value is -3.48. The van der Waals surface area contributed by atoms with Gasteiger partial charge in [0, 0.05) is 17.8 Å². The first kappa shape index (κ1) is 18.3. The summed E-state index contributed by atoms with van der Waals surface area (Å²) >= 11 is 0. The highest BCUT2D eigenvalue weighted by Gasteiger charge is 2.18. The van der Waals surface area contributed by atoms with Gasteiger partial charge in [-0.2, -0.15) is 5.10 Å². The molecule has 140 valence electrons. The number of hydrogen-bond donors (Lipinski definition) is 1. The molecule has 0 bridgehead atoms. The van der Waals surface area contributed by atoms with E-state index in [2.05, 4.69) is 10.4 Å². The van der Waals surface area contributed by atoms with Gasteiger partial charge in [-0.05, 0) is 19.1 Å². The second-order valence-electron chi connectivity index (χ2n) is 5.76. The fourth-order valence-electron chi connectivity index (χ4n) is 2.81. The lowest BCUT2D eigenvalue weighted by molar-refractivity contribution is 0.102. The quantitative estimate of drug-likeness (QED) is 0.722. The van der Waals surface area contributed by atoms with E-state index in [4.69, 9.17) is 14.2 Å². The van der Waals surface area contributed by atoms with E-state index in [1.807, 2.05) is 37.3 Å². The third-order valence-electron chi connectivity index (χ3n) is 4.18. The Morgan fingerprint density at radius 1 is 1.00 bits per heavy atom. The summed E-state index contributed by atoms with van der Waals surface area (Å²) in [7, 11) is 4.58. The van der Waals surface area contributed by atoms with Gasteiger partial charge in [0.1, 0.15) is 0 Å². The molecule has 0 aliphatic heterocycles. The molecule has 0 saturated heterocycles. The summed E-state index contributed by atoms with van der Waals surface area (Å²) in [5, 5.41) is 7.19. The number of anilines is 1. The van der Waals surface area contributed by atoms with Crippen molar-refractivity contribution in [3.8, 4) is 22.9 Å². The van der Waals surface area contributed by atoms with Gasteiger partial charge in [0.05, 0.1) is 44.5 Å². The van der Waals surface area contributed by atoms with E-state index in [1.165, 1.54) is 21.3 Å². The standard InChI is InChI=1S/C20H21N3O4/c1-13-16(12-21-23(13)15-8-6-5-7-9-15)20(24)22-14-10-17(25-2)19(27-4)18(11-14)26-3/h5-12H,1-4H3,(H,22,24). The SMILES string of the molecule is COc1cc(NC(=O)c2cnn(-c3ccccc3)c2C)cc(OC)c1OC. The van der Waals surface area contributed by atoms with Gasteiger partial charge in [0.15, 0.2) is 11.5 Å². The van der Waals surface area contributed by atoms with Crippen molar-refractivity contribution in [1.29, 1.82) is 0 Å². The molecule has 0 aliphatic rings. The first-order valence-electron chi connectivity index (χ1n) is 8.30. The van der Waals surface area contributed by atoms with E-state index in [0.717, 1.165) is 11.4 Å². The van der Waals surface area contributed by atoms with Crippen LogP contribution in [0.4, 0.5) is 5.69 Å². The maximum Gasteiger partial charge on any atom is 0.259 e. The van der Waals surface area contributed by atoms with Crippen molar-refractivity contribution in [3.05, 3.63) is 59.9 Å². The summed E-state index contributed by atoms with van der Waals surface area (Å²) in [6.07, 6.45) is 1.55. The van der Waals surface area contributed by atoms with E-state index in [9.17, 15) is 4.79 Å². The third-order valence-corrected chi connectivity index (χ3v) is 4.18. The number of hydrogen-bond acceptors (Lipinski definition) is 5. The molecular weight excluding hydrogens is 346 g/mol. The zero-order valence-corrected chi connectivity index (χ0v) is 15.6. The summed E-state index contributed by atoms with van der Waals surface area (Å²) in [6, 6.07) is 13.0. The number of para-hydroxylation sites is 1. The van der Waals surface area contributed by atoms with Crippen LogP contribution in [0, 0.1) is 6.92 Å². The van der Waals surface area contributed by atoms with Crippen molar-refractivity contribution >= 4 is 11.6 Å². The van der Waals surface area contributed by atoms with E-state index >= 15 is 0 Å². The predicted octanol–water partition coefficient (Wildman–Crippen LogP) is 3.46. The lowest BCUT2D eigenvalue weighted by Gasteiger charge is -2.14. The lowest BCUT2D eigenvalue weighted by atomic mass is 10.2. The lowest BCUT2D eigenvalue weighted by Crippen LogP contribution is -2.13. The number of carbonyl (C=O) groups is 1. The van der Waals surface area contributed by atoms with Crippen LogP contribution in [-0.2, 0) is 0 Å². The minimum atomic E-state index is -0.274. The van der Waals surface area contributed by atoms with Crippen LogP contribution in [0.3, 0.4) is 0 Å². The van der Waals surface area contributed by atoms with E-state index in [-0.39, 0.29) is 5.91 Å². The molecule has 7 nitrogen and oxygen atoms in total. The number of benzene rings is 2. The van der Waals surface area contributed by atoms with Crippen LogP contribution in [0.1, 0.15) is 16.1 Å². The average molecular weight is 367 g/mol. The number of nitrogens with zero attached hydrogens (tertiary/aromatic N) is 2. The van der Waals surface area contributed by atoms with Gasteiger partial charge in [-0.3, -0.25) is 4.79 Å². The molecule has 0 spiro atoms. The average Bonchev–Trinajstić information content (AvgIpc) is 3.09. The molecule has 0 unspecified atom stereocenters. The zero-order valence-electron chi connectivity index (χ0n) is 15.6. The van der Waals surface area contributed by atoms with Crippen molar-refractivity contribution in [2.75, 3.05) is 26.6 Å². The van der Waals surface area contributed by atoms with Gasteiger partial charge in [-0.15, -0.1) is 0 Å². The largest absolute Gasteiger partial charge is 0.493 e. The Morgan fingerprint density at radius 3 is 2.19 bits per heavy atom. The Labute approximate surface area is 157 Å². The first-order valence-corrected chi connectivity index (χ1v) is 8.30. The third kappa shape index (κ3) is 3.57. The molecule has 7 heteroatoms. The molecule has 1 aromatic heterocycles. The second kappa shape index (κ2) is 7.82. The molecule has 3 rings (SSSR count). The van der Waals surface area contributed by atoms with Crippen LogP contribution in [0.5, 0.6) is 17.2 Å². The normalized spacial score (nSPS) is 10.4. The Kier molecular flexibility index (Phi) is 5.30. The Balaban J connectivity index is 1.89. The molecule has 1 N–H and O–H groups in total. The topological polar surface area (TPSA) is 74.6 Å². The van der Waals surface area contributed by atoms with Crippen LogP contribution in [-0.4, -0.2) is 37.0 Å². The fraction of sp³-hybridized carbons (Fsp3) is 0.200. The fourth-order valence-corrected chi connectivity index (χ4v) is 2.81. The van der Waals surface area contributed by atoms with Crippen LogP contribution < -0.4 is 19.5 Å². The highest BCUT2D eigenvalue weighted by molar-refractivity contribution is 6.05. The summed E-state index contributed by atoms with van der Waals surface area (Å²) < 4.78 is 17.7. The van der Waals surface area contributed by atoms with E-state index < -0.39 is 0 Å². The van der Waals surface area contributed by atoms with Gasteiger partial charge >= 0.3 is 0 Å². The molecule has 3 aromatic rings. The van der Waals surface area contributed by atoms with Gasteiger partial charge in [0.25, 0.3) is 5.91 Å². The minimum Gasteiger partial charge on any atom is -0.493 e. The molecule has 0 fully saturated rings. The number of carbonyl (C=O) groups excluding carboxylic acids is 1. The molecule has 0 saturated carbocycles. The predicted molar refractivity (Wildman–Crippen MR) is 102 cm³/mol. The minimum absolute atomic E-state index is 0.274. The Morgan fingerprint density at radius 2 is 1.63 bits per heavy atom. The van der Waals surface area contributed by atoms with Crippen molar-refractivity contribution in [2.24, 2.45) is 0 Å². The monoisotopic (exact) mass is 367 g/mol. The zero-order chi connectivity index (χ0) is 19.4. The molecule has 2 aromatic carbocycles. The number of rotatable bonds is 6. The summed E-state index contributed by atoms with van der Waals surface area (Å²) in [5.41, 5.74) is 2.64. The molecule has 1 heterocycles. The smallest absolute Gasteiger partial charge is 0.259 e. The second-order valence-corrected chi connectivity index (χ2v) is 5.76. The molecule has 27 heavy (non-hydrogen) atoms. The van der Waals surface area contributed by atoms with Crippen LogP contribution >= 0.6 is 0 Å². The van der Waals surface area contributed by atoms with Crippen LogP contribution in [0.25, 0.3) is 5.69 Å². The number of ether oxygens (including phenoxy) is 3. The highest BCUT2D eigenvalue weighted by Crippen LogP contribution is 2.40. The summed E-state index contributed by atoms with van der Waals surface area (Å²) in [6.45, 7) is 1.85. The van der Waals surface area contributed by atoms with Crippen molar-refractivity contribution < 1.29 is 19.0 Å². The molecule has 0 atom stereocenters. The van der Waals surface area contributed by atoms with Crippen molar-refractivity contribution in [2.45, 2.75) is 6.92 Å². The first-order chi connectivity index (χ1) is 13.1. The summed E-state index contributed by atoms with van der Waals surface area (Å²) in [5.74, 6) is 1.11. The summed E-state index contributed by atoms with van der Waals surface area (Å²) in [4.78, 5) is 12.8. The van der Waals surface area contributed by atoms with Crippen molar-refractivity contribution in [3.63, 3.8) is 0 Å². The Bertz CT molecular complexity index is 926. The van der Waals surface area contributed by atoms with Gasteiger partial charge in [-0.25, -0.2) is 4.68 Å². The van der Waals surface area contributed by atoms with E-state index in [0.29, 0.717) is 28.5 Å². The number of aromatic nitrogens is 2. The maximum atomic E-state index is 12.8. The van der Waals surface area contributed by atoms with E-state index in [1.54, 1.807) is 23.0 Å².